The zero-order valence-corrected chi connectivity index (χ0v) is 16.7. The fraction of sp³-hybridized carbons (Fsp3) is 0.500. The number of ether oxygens (including phenoxy) is 3. The average molecular weight is 367 g/mol. The number of benzene rings is 2. The molecule has 3 nitrogen and oxygen atoms in total. The first kappa shape index (κ1) is 18.7. The Labute approximate surface area is 162 Å². The van der Waals surface area contributed by atoms with E-state index in [9.17, 15) is 0 Å². The highest BCUT2D eigenvalue weighted by molar-refractivity contribution is 5.73. The van der Waals surface area contributed by atoms with Gasteiger partial charge < -0.3 is 14.2 Å². The summed E-state index contributed by atoms with van der Waals surface area (Å²) in [5.74, 6) is 0. The highest BCUT2D eigenvalue weighted by Gasteiger charge is 2.49. The van der Waals surface area contributed by atoms with E-state index in [-0.39, 0.29) is 10.8 Å². The van der Waals surface area contributed by atoms with Gasteiger partial charge in [0, 0.05) is 17.9 Å². The maximum atomic E-state index is 5.76. The maximum absolute atomic E-state index is 5.76. The van der Waals surface area contributed by atoms with Crippen LogP contribution in [0.3, 0.4) is 0 Å². The van der Waals surface area contributed by atoms with E-state index in [1.807, 2.05) is 0 Å². The Kier molecular flexibility index (Phi) is 5.11. The molecule has 2 aliphatic heterocycles. The van der Waals surface area contributed by atoms with Crippen molar-refractivity contribution in [1.29, 1.82) is 0 Å². The van der Waals surface area contributed by atoms with E-state index in [1.165, 1.54) is 27.8 Å². The van der Waals surface area contributed by atoms with Crippen molar-refractivity contribution in [1.82, 2.24) is 0 Å². The molecule has 2 fully saturated rings. The van der Waals surface area contributed by atoms with Gasteiger partial charge in [0.1, 0.15) is 0 Å². The molecule has 0 atom stereocenters. The lowest BCUT2D eigenvalue weighted by Gasteiger charge is -2.50. The molecule has 0 unspecified atom stereocenters. The van der Waals surface area contributed by atoms with Crippen molar-refractivity contribution in [3.05, 3.63) is 59.2 Å². The summed E-state index contributed by atoms with van der Waals surface area (Å²) in [6.07, 6.45) is 2.16. The number of methoxy groups -OCH3 is 1. The molecule has 2 aromatic rings. The molecule has 27 heavy (non-hydrogen) atoms. The van der Waals surface area contributed by atoms with E-state index < -0.39 is 0 Å². The van der Waals surface area contributed by atoms with Crippen LogP contribution in [0.25, 0.3) is 11.1 Å². The van der Waals surface area contributed by atoms with E-state index in [1.54, 1.807) is 7.11 Å². The monoisotopic (exact) mass is 366 g/mol. The third kappa shape index (κ3) is 2.93. The first-order valence-electron chi connectivity index (χ1n) is 10.1. The zero-order valence-electron chi connectivity index (χ0n) is 16.7. The van der Waals surface area contributed by atoms with Gasteiger partial charge in [0.15, 0.2) is 0 Å². The molecule has 0 N–H and O–H groups in total. The third-order valence-electron chi connectivity index (χ3n) is 6.60. The molecule has 0 bridgehead atoms. The summed E-state index contributed by atoms with van der Waals surface area (Å²) in [5, 5.41) is 0. The van der Waals surface area contributed by atoms with Gasteiger partial charge in [0.05, 0.1) is 33.0 Å². The Morgan fingerprint density at radius 1 is 0.815 bits per heavy atom. The lowest BCUT2D eigenvalue weighted by atomic mass is 9.63. The van der Waals surface area contributed by atoms with Gasteiger partial charge in [-0.3, -0.25) is 0 Å². The average Bonchev–Trinajstić information content (AvgIpc) is 2.63. The van der Waals surface area contributed by atoms with E-state index in [4.69, 9.17) is 14.2 Å². The molecule has 2 aromatic carbocycles. The molecule has 2 heterocycles. The maximum Gasteiger partial charge on any atom is 0.0716 e. The van der Waals surface area contributed by atoms with Crippen molar-refractivity contribution in [2.75, 3.05) is 33.5 Å². The minimum Gasteiger partial charge on any atom is -0.380 e. The van der Waals surface area contributed by atoms with E-state index in [0.717, 1.165) is 39.3 Å². The fourth-order valence-electron chi connectivity index (χ4n) is 4.68. The minimum absolute atomic E-state index is 0.0853. The summed E-state index contributed by atoms with van der Waals surface area (Å²) in [4.78, 5) is 0. The number of hydrogen-bond donors (Lipinski definition) is 0. The standard InChI is InChI=1S/C24H30O3/c1-4-23(14-26-15-23)21-19(13-25-3)11-12-20(18-9-7-6-8-10-18)22(21)24(5-2)16-27-17-24/h6-12H,4-5,13-17H2,1-3H3. The Hall–Kier alpha value is -1.68. The molecule has 0 radical (unpaired) electrons. The van der Waals surface area contributed by atoms with Gasteiger partial charge >= 0.3 is 0 Å². The third-order valence-corrected chi connectivity index (χ3v) is 6.60. The van der Waals surface area contributed by atoms with Gasteiger partial charge in [-0.1, -0.05) is 56.3 Å². The minimum atomic E-state index is 0.0853. The molecular formula is C24H30O3. The molecule has 0 amide bonds. The molecule has 0 saturated carbocycles. The summed E-state index contributed by atoms with van der Waals surface area (Å²) in [6, 6.07) is 15.3. The van der Waals surface area contributed by atoms with Crippen molar-refractivity contribution in [3.8, 4) is 11.1 Å². The zero-order chi connectivity index (χ0) is 18.9. The van der Waals surface area contributed by atoms with Crippen molar-refractivity contribution >= 4 is 0 Å². The van der Waals surface area contributed by atoms with Gasteiger partial charge in [-0.25, -0.2) is 0 Å². The van der Waals surface area contributed by atoms with Gasteiger partial charge in [0.2, 0.25) is 0 Å². The van der Waals surface area contributed by atoms with Gasteiger partial charge in [-0.05, 0) is 40.7 Å². The molecule has 0 aromatic heterocycles. The van der Waals surface area contributed by atoms with Gasteiger partial charge in [0.25, 0.3) is 0 Å². The lowest BCUT2D eigenvalue weighted by molar-refractivity contribution is -0.0759. The highest BCUT2D eigenvalue weighted by atomic mass is 16.5. The van der Waals surface area contributed by atoms with Gasteiger partial charge in [-0.2, -0.15) is 0 Å². The Morgan fingerprint density at radius 3 is 1.89 bits per heavy atom. The first-order valence-corrected chi connectivity index (χ1v) is 10.1. The van der Waals surface area contributed by atoms with Crippen LogP contribution in [0, 0.1) is 0 Å². The predicted molar refractivity (Wildman–Crippen MR) is 108 cm³/mol. The predicted octanol–water partition coefficient (Wildman–Crippen LogP) is 4.86. The van der Waals surface area contributed by atoms with E-state index in [0.29, 0.717) is 6.61 Å². The van der Waals surface area contributed by atoms with Crippen LogP contribution < -0.4 is 0 Å². The normalized spacial score (nSPS) is 20.0. The van der Waals surface area contributed by atoms with Crippen LogP contribution in [0.4, 0.5) is 0 Å². The topological polar surface area (TPSA) is 27.7 Å². The van der Waals surface area contributed by atoms with Gasteiger partial charge in [-0.15, -0.1) is 0 Å². The van der Waals surface area contributed by atoms with Crippen molar-refractivity contribution in [3.63, 3.8) is 0 Å². The van der Waals surface area contributed by atoms with Crippen LogP contribution in [0.5, 0.6) is 0 Å². The quantitative estimate of drug-likeness (QED) is 0.701. The van der Waals surface area contributed by atoms with Crippen molar-refractivity contribution in [2.45, 2.75) is 44.1 Å². The molecule has 2 aliphatic rings. The lowest BCUT2D eigenvalue weighted by Crippen LogP contribution is -2.53. The molecule has 3 heteroatoms. The van der Waals surface area contributed by atoms with E-state index in [2.05, 4.69) is 56.3 Å². The summed E-state index contributed by atoms with van der Waals surface area (Å²) in [5.41, 5.74) is 7.04. The second-order valence-corrected chi connectivity index (χ2v) is 8.07. The molecule has 144 valence electrons. The summed E-state index contributed by atoms with van der Waals surface area (Å²) >= 11 is 0. The second kappa shape index (κ2) is 7.38. The molecule has 0 aliphatic carbocycles. The van der Waals surface area contributed by atoms with Crippen LogP contribution in [-0.2, 0) is 31.6 Å². The van der Waals surface area contributed by atoms with Crippen LogP contribution in [-0.4, -0.2) is 33.5 Å². The Balaban J connectivity index is 2.01. The SMILES string of the molecule is CCC1(c2c(COC)ccc(-c3ccccc3)c2C2(CC)COC2)COC1. The van der Waals surface area contributed by atoms with Crippen LogP contribution in [0.2, 0.25) is 0 Å². The van der Waals surface area contributed by atoms with Crippen LogP contribution in [0.15, 0.2) is 42.5 Å². The largest absolute Gasteiger partial charge is 0.380 e. The van der Waals surface area contributed by atoms with Crippen molar-refractivity contribution in [2.24, 2.45) is 0 Å². The molecule has 0 spiro atoms. The Morgan fingerprint density at radius 2 is 1.41 bits per heavy atom. The summed E-state index contributed by atoms with van der Waals surface area (Å²) < 4.78 is 17.1. The van der Waals surface area contributed by atoms with Crippen molar-refractivity contribution < 1.29 is 14.2 Å². The summed E-state index contributed by atoms with van der Waals surface area (Å²) in [6.45, 7) is 8.41. The Bertz CT molecular complexity index is 778. The van der Waals surface area contributed by atoms with E-state index >= 15 is 0 Å². The molecule has 2 saturated heterocycles. The fourth-order valence-corrected chi connectivity index (χ4v) is 4.68. The smallest absolute Gasteiger partial charge is 0.0716 e. The summed E-state index contributed by atoms with van der Waals surface area (Å²) in [7, 11) is 1.78. The van der Waals surface area contributed by atoms with Crippen LogP contribution in [0.1, 0.15) is 43.4 Å². The first-order chi connectivity index (χ1) is 13.2. The number of rotatable bonds is 7. The molecule has 4 rings (SSSR count). The second-order valence-electron chi connectivity index (χ2n) is 8.07. The van der Waals surface area contributed by atoms with Crippen LogP contribution >= 0.6 is 0 Å². The molecular weight excluding hydrogens is 336 g/mol. The number of hydrogen-bond acceptors (Lipinski definition) is 3. The highest BCUT2D eigenvalue weighted by Crippen LogP contribution is 2.50.